The van der Waals surface area contributed by atoms with Crippen molar-refractivity contribution in [3.63, 3.8) is 0 Å². The minimum atomic E-state index is 0. The van der Waals surface area contributed by atoms with Gasteiger partial charge in [-0.05, 0) is 68.4 Å². The van der Waals surface area contributed by atoms with Gasteiger partial charge in [-0.25, -0.2) is 0 Å². The predicted octanol–water partition coefficient (Wildman–Crippen LogP) is 3.93. The van der Waals surface area contributed by atoms with Gasteiger partial charge in [0.25, 0.3) is 0 Å². The van der Waals surface area contributed by atoms with Crippen molar-refractivity contribution in [2.24, 2.45) is 23.5 Å². The van der Waals surface area contributed by atoms with Crippen LogP contribution in [0.25, 0.3) is 0 Å². The Morgan fingerprint density at radius 2 is 1.75 bits per heavy atom. The van der Waals surface area contributed by atoms with E-state index in [0.717, 1.165) is 37.9 Å². The molecule has 24 heavy (non-hydrogen) atoms. The van der Waals surface area contributed by atoms with E-state index < -0.39 is 0 Å². The van der Waals surface area contributed by atoms with E-state index in [1.165, 1.54) is 31.2 Å². The highest BCUT2D eigenvalue weighted by molar-refractivity contribution is 5.96. The minimum absolute atomic E-state index is 0. The van der Waals surface area contributed by atoms with Gasteiger partial charge in [-0.15, -0.1) is 12.4 Å². The summed E-state index contributed by atoms with van der Waals surface area (Å²) in [5, 5.41) is 0. The van der Waals surface area contributed by atoms with Gasteiger partial charge in [-0.3, -0.25) is 4.79 Å². The van der Waals surface area contributed by atoms with E-state index >= 15 is 0 Å². The van der Waals surface area contributed by atoms with Crippen LogP contribution in [0.2, 0.25) is 0 Å². The standard InChI is InChI=1S/C20H28N2O.ClH/c21-19-15-8-5-9-16(19)13-17(12-15)20(23)22-11-4-3-7-14-6-1-2-10-18(14)22;/h1-2,6,10,15-17,19H,3-5,7-9,11-13,21H2;1H. The summed E-state index contributed by atoms with van der Waals surface area (Å²) in [4.78, 5) is 15.4. The van der Waals surface area contributed by atoms with E-state index in [9.17, 15) is 4.79 Å². The average molecular weight is 349 g/mol. The Morgan fingerprint density at radius 1 is 1.04 bits per heavy atom. The lowest BCUT2D eigenvalue weighted by atomic mass is 9.65. The number of para-hydroxylation sites is 1. The Kier molecular flexibility index (Phi) is 5.51. The van der Waals surface area contributed by atoms with Crippen LogP contribution < -0.4 is 10.6 Å². The van der Waals surface area contributed by atoms with Gasteiger partial charge in [-0.1, -0.05) is 24.6 Å². The third-order valence-corrected chi connectivity index (χ3v) is 6.39. The molecule has 0 saturated heterocycles. The normalized spacial score (nSPS) is 32.3. The smallest absolute Gasteiger partial charge is 0.230 e. The van der Waals surface area contributed by atoms with Crippen molar-refractivity contribution in [1.29, 1.82) is 0 Å². The molecule has 2 saturated carbocycles. The van der Waals surface area contributed by atoms with Crippen molar-refractivity contribution in [3.05, 3.63) is 29.8 Å². The van der Waals surface area contributed by atoms with Gasteiger partial charge >= 0.3 is 0 Å². The SMILES string of the molecule is Cl.NC1C2CCCC1CC(C(=O)N1CCCCc3ccccc31)C2. The first-order valence-corrected chi connectivity index (χ1v) is 9.39. The highest BCUT2D eigenvalue weighted by Gasteiger charge is 2.42. The lowest BCUT2D eigenvalue weighted by Crippen LogP contribution is -2.50. The zero-order valence-corrected chi connectivity index (χ0v) is 15.1. The second kappa shape index (κ2) is 7.45. The Labute approximate surface area is 151 Å². The number of amides is 1. The molecule has 2 bridgehead atoms. The van der Waals surface area contributed by atoms with E-state index in [-0.39, 0.29) is 18.3 Å². The molecule has 3 nitrogen and oxygen atoms in total. The zero-order chi connectivity index (χ0) is 15.8. The maximum Gasteiger partial charge on any atom is 0.230 e. The zero-order valence-electron chi connectivity index (χ0n) is 14.3. The summed E-state index contributed by atoms with van der Waals surface area (Å²) in [6, 6.07) is 8.82. The van der Waals surface area contributed by atoms with Gasteiger partial charge in [-0.2, -0.15) is 0 Å². The first kappa shape index (κ1) is 17.8. The number of carbonyl (C=O) groups is 1. The Balaban J connectivity index is 0.00000169. The fourth-order valence-electron chi connectivity index (χ4n) is 5.13. The van der Waals surface area contributed by atoms with Crippen molar-refractivity contribution in [2.45, 2.75) is 57.4 Å². The van der Waals surface area contributed by atoms with Crippen molar-refractivity contribution in [1.82, 2.24) is 0 Å². The van der Waals surface area contributed by atoms with Crippen molar-refractivity contribution in [3.8, 4) is 0 Å². The number of anilines is 1. The number of nitrogens with zero attached hydrogens (tertiary/aromatic N) is 1. The van der Waals surface area contributed by atoms with Gasteiger partial charge in [0.1, 0.15) is 0 Å². The largest absolute Gasteiger partial charge is 0.327 e. The van der Waals surface area contributed by atoms with E-state index in [1.54, 1.807) is 0 Å². The second-order valence-electron chi connectivity index (χ2n) is 7.77. The topological polar surface area (TPSA) is 46.3 Å². The molecule has 3 aliphatic rings. The van der Waals surface area contributed by atoms with Crippen molar-refractivity contribution < 1.29 is 4.79 Å². The van der Waals surface area contributed by atoms with Crippen molar-refractivity contribution in [2.75, 3.05) is 11.4 Å². The number of halogens is 1. The summed E-state index contributed by atoms with van der Waals surface area (Å²) in [5.41, 5.74) is 8.90. The maximum absolute atomic E-state index is 13.3. The number of carbonyl (C=O) groups excluding carboxylic acids is 1. The highest BCUT2D eigenvalue weighted by atomic mass is 35.5. The molecular weight excluding hydrogens is 320 g/mol. The van der Waals surface area contributed by atoms with Gasteiger partial charge in [0.2, 0.25) is 5.91 Å². The Hall–Kier alpha value is -1.06. The Morgan fingerprint density at radius 3 is 2.50 bits per heavy atom. The lowest BCUT2D eigenvalue weighted by Gasteiger charge is -2.44. The van der Waals surface area contributed by atoms with Crippen LogP contribution in [0.5, 0.6) is 0 Å². The van der Waals surface area contributed by atoms with E-state index in [0.29, 0.717) is 23.8 Å². The number of fused-ring (bicyclic) bond motifs is 3. The van der Waals surface area contributed by atoms with Gasteiger partial charge < -0.3 is 10.6 Å². The van der Waals surface area contributed by atoms with Crippen LogP contribution in [0.15, 0.2) is 24.3 Å². The second-order valence-corrected chi connectivity index (χ2v) is 7.77. The molecule has 0 spiro atoms. The third kappa shape index (κ3) is 3.21. The van der Waals surface area contributed by atoms with Crippen LogP contribution >= 0.6 is 12.4 Å². The molecule has 2 fully saturated rings. The molecule has 1 aromatic carbocycles. The van der Waals surface area contributed by atoms with Crippen LogP contribution in [-0.4, -0.2) is 18.5 Å². The molecule has 2 unspecified atom stereocenters. The summed E-state index contributed by atoms with van der Waals surface area (Å²) < 4.78 is 0. The summed E-state index contributed by atoms with van der Waals surface area (Å²) in [5.74, 6) is 1.69. The molecule has 4 rings (SSSR count). The Bertz CT molecular complexity index is 577. The molecule has 1 amide bonds. The summed E-state index contributed by atoms with van der Waals surface area (Å²) in [7, 11) is 0. The number of hydrogen-bond acceptors (Lipinski definition) is 2. The number of nitrogens with two attached hydrogens (primary N) is 1. The molecule has 2 N–H and O–H groups in total. The molecule has 1 aromatic rings. The lowest BCUT2D eigenvalue weighted by molar-refractivity contribution is -0.125. The molecular formula is C20H29ClN2O. The highest BCUT2D eigenvalue weighted by Crippen LogP contribution is 2.43. The van der Waals surface area contributed by atoms with Gasteiger partial charge in [0, 0.05) is 24.2 Å². The summed E-state index contributed by atoms with van der Waals surface area (Å²) in [6.07, 6.45) is 9.15. The third-order valence-electron chi connectivity index (χ3n) is 6.39. The molecule has 0 radical (unpaired) electrons. The molecule has 4 heteroatoms. The van der Waals surface area contributed by atoms with Gasteiger partial charge in [0.05, 0.1) is 0 Å². The number of hydrogen-bond donors (Lipinski definition) is 1. The fourth-order valence-corrected chi connectivity index (χ4v) is 5.13. The maximum atomic E-state index is 13.3. The molecule has 1 aliphatic heterocycles. The van der Waals surface area contributed by atoms with Crippen molar-refractivity contribution >= 4 is 24.0 Å². The summed E-state index contributed by atoms with van der Waals surface area (Å²) in [6.45, 7) is 0.883. The first-order chi connectivity index (χ1) is 11.2. The predicted molar refractivity (Wildman–Crippen MR) is 101 cm³/mol. The first-order valence-electron chi connectivity index (χ1n) is 9.39. The molecule has 0 aromatic heterocycles. The molecule has 132 valence electrons. The quantitative estimate of drug-likeness (QED) is 0.835. The average Bonchev–Trinajstić information content (AvgIpc) is 2.76. The fraction of sp³-hybridized carbons (Fsp3) is 0.650. The molecule has 2 atom stereocenters. The minimum Gasteiger partial charge on any atom is -0.327 e. The van der Waals surface area contributed by atoms with E-state index in [2.05, 4.69) is 29.2 Å². The molecule has 2 aliphatic carbocycles. The van der Waals surface area contributed by atoms with E-state index in [1.807, 2.05) is 0 Å². The monoisotopic (exact) mass is 348 g/mol. The van der Waals surface area contributed by atoms with Crippen LogP contribution in [0.3, 0.4) is 0 Å². The number of rotatable bonds is 1. The summed E-state index contributed by atoms with van der Waals surface area (Å²) >= 11 is 0. The van der Waals surface area contributed by atoms with Crippen LogP contribution in [0.1, 0.15) is 50.5 Å². The van der Waals surface area contributed by atoms with Crippen LogP contribution in [0, 0.1) is 17.8 Å². The number of aryl methyl sites for hydroxylation is 1. The van der Waals surface area contributed by atoms with Crippen LogP contribution in [0.4, 0.5) is 5.69 Å². The van der Waals surface area contributed by atoms with Crippen LogP contribution in [-0.2, 0) is 11.2 Å². The molecule has 1 heterocycles. The van der Waals surface area contributed by atoms with E-state index in [4.69, 9.17) is 5.73 Å². The number of benzene rings is 1. The van der Waals surface area contributed by atoms with Gasteiger partial charge in [0.15, 0.2) is 0 Å².